The van der Waals surface area contributed by atoms with Crippen molar-refractivity contribution in [1.29, 1.82) is 0 Å². The number of nitrogens with one attached hydrogen (secondary N) is 1. The van der Waals surface area contributed by atoms with Crippen molar-refractivity contribution >= 4 is 51.5 Å². The van der Waals surface area contributed by atoms with Crippen LogP contribution in [-0.4, -0.2) is 40.9 Å². The van der Waals surface area contributed by atoms with E-state index in [0.29, 0.717) is 18.0 Å². The standard InChI is InChI=1S/C21H26N2.C15H21NO3.2ClH.Ru/c1-14-9-16(3)20(17(4)10-14)22-7-8-23(13-22)21-18(5)11-15(2)12-19(21)6;1-5-6-9-18-15(17)16-13-7-8-14(12(4)10-13)19-11(2)3;;;/h9-12H,7-8H2,1-6H3;4,7-8,10-11H,5-6,9H2,1-3H3,(H,16,17);2*1H;/q;;;;+2/p-2. The van der Waals surface area contributed by atoms with Crippen molar-refractivity contribution in [2.75, 3.05) is 34.8 Å². The van der Waals surface area contributed by atoms with Gasteiger partial charge in [-0.1, -0.05) is 0 Å². The molecule has 0 aliphatic carbocycles. The van der Waals surface area contributed by atoms with Gasteiger partial charge in [0, 0.05) is 0 Å². The van der Waals surface area contributed by atoms with Gasteiger partial charge in [-0.25, -0.2) is 0 Å². The van der Waals surface area contributed by atoms with Crippen LogP contribution in [0, 0.1) is 41.5 Å². The van der Waals surface area contributed by atoms with E-state index < -0.39 is 18.0 Å². The summed E-state index contributed by atoms with van der Waals surface area (Å²) < 4.78 is 14.5. The van der Waals surface area contributed by atoms with Gasteiger partial charge in [0.15, 0.2) is 0 Å². The third-order valence-electron chi connectivity index (χ3n) is 7.59. The number of carbonyl (C=O) groups excluding carboxylic acids is 1. The molecule has 0 bridgehead atoms. The van der Waals surface area contributed by atoms with Gasteiger partial charge in [0.05, 0.1) is 0 Å². The second kappa shape index (κ2) is 14.8. The van der Waals surface area contributed by atoms with E-state index in [-0.39, 0.29) is 6.10 Å². The van der Waals surface area contributed by atoms with Gasteiger partial charge < -0.3 is 0 Å². The first kappa shape index (κ1) is 35.1. The van der Waals surface area contributed by atoms with Crippen LogP contribution >= 0.6 is 19.4 Å². The van der Waals surface area contributed by atoms with Gasteiger partial charge in [-0.3, -0.25) is 0 Å². The number of ether oxygens (including phenoxy) is 2. The van der Waals surface area contributed by atoms with Crippen molar-refractivity contribution in [3.63, 3.8) is 0 Å². The number of nitrogens with zero attached hydrogens (tertiary/aromatic N) is 2. The summed E-state index contributed by atoms with van der Waals surface area (Å²) in [6.07, 6.45) is 1.20. The number of unbranched alkanes of at least 4 members (excludes halogenated alkanes) is 1. The van der Waals surface area contributed by atoms with Crippen molar-refractivity contribution in [2.24, 2.45) is 0 Å². The Balaban J connectivity index is 1.97. The van der Waals surface area contributed by atoms with E-state index >= 15 is 0 Å². The number of hydrogen-bond acceptors (Lipinski definition) is 5. The number of aryl methyl sites for hydroxylation is 6. The molecule has 0 radical (unpaired) electrons. The Morgan fingerprint density at radius 3 is 1.87 bits per heavy atom. The summed E-state index contributed by atoms with van der Waals surface area (Å²) in [6.45, 7) is 20.8. The predicted octanol–water partition coefficient (Wildman–Crippen LogP) is 9.40. The molecular weight excluding hydrogens is 694 g/mol. The van der Waals surface area contributed by atoms with Gasteiger partial charge in [0.25, 0.3) is 0 Å². The number of amides is 1. The molecule has 9 heteroatoms. The van der Waals surface area contributed by atoms with Gasteiger partial charge in [0.1, 0.15) is 0 Å². The zero-order chi connectivity index (χ0) is 33.1. The summed E-state index contributed by atoms with van der Waals surface area (Å²) >= 11 is -3.86. The molecule has 1 heterocycles. The van der Waals surface area contributed by atoms with E-state index in [1.165, 1.54) is 33.4 Å². The number of carbonyl (C=O) groups is 1. The Hall–Kier alpha value is -2.73. The number of hydrogen-bond donors (Lipinski definition) is 1. The van der Waals surface area contributed by atoms with Crippen molar-refractivity contribution < 1.29 is 26.2 Å². The Morgan fingerprint density at radius 2 is 1.40 bits per heavy atom. The van der Waals surface area contributed by atoms with E-state index in [1.54, 1.807) is 0 Å². The molecule has 6 nitrogen and oxygen atoms in total. The van der Waals surface area contributed by atoms with Crippen molar-refractivity contribution in [1.82, 2.24) is 0 Å². The van der Waals surface area contributed by atoms with Gasteiger partial charge in [-0.05, 0) is 0 Å². The van der Waals surface area contributed by atoms with Crippen molar-refractivity contribution in [3.05, 3.63) is 81.4 Å². The fourth-order valence-electron chi connectivity index (χ4n) is 6.09. The van der Waals surface area contributed by atoms with Crippen LogP contribution in [0.25, 0.3) is 0 Å². The summed E-state index contributed by atoms with van der Waals surface area (Å²) in [7, 11) is 15.4. The summed E-state index contributed by atoms with van der Waals surface area (Å²) in [5.41, 5.74) is 10.8. The summed E-state index contributed by atoms with van der Waals surface area (Å²) in [5, 5.41) is 2.86. The van der Waals surface area contributed by atoms with Gasteiger partial charge in [-0.2, -0.15) is 0 Å². The van der Waals surface area contributed by atoms with E-state index in [1.807, 2.05) is 36.7 Å². The summed E-state index contributed by atoms with van der Waals surface area (Å²) in [5.74, 6) is 0.656. The van der Waals surface area contributed by atoms with Crippen molar-refractivity contribution in [2.45, 2.75) is 81.3 Å². The molecule has 0 atom stereocenters. The van der Waals surface area contributed by atoms with E-state index in [0.717, 1.165) is 47.2 Å². The molecule has 0 unspecified atom stereocenters. The van der Waals surface area contributed by atoms with Crippen LogP contribution in [0.3, 0.4) is 0 Å². The monoisotopic (exact) mass is 741 g/mol. The van der Waals surface area contributed by atoms with Crippen LogP contribution in [0.15, 0.2) is 42.5 Å². The molecule has 1 fully saturated rings. The predicted molar refractivity (Wildman–Crippen MR) is 190 cm³/mol. The molecule has 246 valence electrons. The van der Waals surface area contributed by atoms with Gasteiger partial charge >= 0.3 is 281 Å². The average molecular weight is 742 g/mol. The first-order chi connectivity index (χ1) is 21.2. The third kappa shape index (κ3) is 8.36. The summed E-state index contributed by atoms with van der Waals surface area (Å²) in [4.78, 5) is 17.2. The maximum atomic E-state index is 12.5. The van der Waals surface area contributed by atoms with E-state index in [9.17, 15) is 4.79 Å². The first-order valence-electron chi connectivity index (χ1n) is 15.5. The van der Waals surface area contributed by atoms with Crippen LogP contribution in [0.4, 0.5) is 21.9 Å². The number of anilines is 3. The van der Waals surface area contributed by atoms with Crippen LogP contribution in [-0.2, 0) is 16.6 Å². The first-order valence-corrected chi connectivity index (χ1v) is 21.9. The Labute approximate surface area is 279 Å². The Morgan fingerprint density at radius 1 is 0.889 bits per heavy atom. The fraction of sp³-hybridized carbons (Fsp3) is 0.417. The van der Waals surface area contributed by atoms with Crippen LogP contribution < -0.4 is 19.9 Å². The molecular formula is C36H47Cl2N3O3Ru. The second-order valence-electron chi connectivity index (χ2n) is 12.1. The molecule has 1 amide bonds. The zero-order valence-corrected chi connectivity index (χ0v) is 31.2. The van der Waals surface area contributed by atoms with E-state index in [4.69, 9.17) is 28.9 Å². The summed E-state index contributed by atoms with van der Waals surface area (Å²) in [6, 6.07) is 14.4. The molecule has 0 aromatic heterocycles. The number of halogens is 2. The van der Waals surface area contributed by atoms with Crippen LogP contribution in [0.1, 0.15) is 72.6 Å². The normalized spacial score (nSPS) is 13.8. The minimum absolute atomic E-state index is 0.0664. The number of rotatable bonds is 9. The molecule has 0 spiro atoms. The third-order valence-corrected chi connectivity index (χ3v) is 13.1. The number of benzene rings is 3. The Kier molecular flexibility index (Phi) is 11.5. The molecule has 1 saturated heterocycles. The van der Waals surface area contributed by atoms with Crippen LogP contribution in [0.2, 0.25) is 0 Å². The molecule has 45 heavy (non-hydrogen) atoms. The molecule has 4 rings (SSSR count). The molecule has 3 aromatic rings. The topological polar surface area (TPSA) is 54.0 Å². The van der Waals surface area contributed by atoms with Gasteiger partial charge in [-0.15, -0.1) is 0 Å². The quantitative estimate of drug-likeness (QED) is 0.175. The average Bonchev–Trinajstić information content (AvgIpc) is 3.34. The minimum atomic E-state index is -3.86. The molecule has 3 aromatic carbocycles. The van der Waals surface area contributed by atoms with Crippen LogP contribution in [0.5, 0.6) is 5.75 Å². The SMILES string of the molecule is CCCCOC(=O)Nc1ccc(OC(C)C)c([CH]=[Ru]([Cl])([Cl])=[C]2N(c3c(C)cc(C)cc3C)CCN2c2c(C)cc(C)cc2C)c1. The fourth-order valence-corrected chi connectivity index (χ4v) is 12.1. The van der Waals surface area contributed by atoms with E-state index in [2.05, 4.69) is 87.8 Å². The molecule has 1 N–H and O–H groups in total. The molecule has 1 aliphatic heterocycles. The van der Waals surface area contributed by atoms with Gasteiger partial charge in [0.2, 0.25) is 0 Å². The second-order valence-corrected chi connectivity index (χ2v) is 21.4. The molecule has 0 saturated carbocycles. The maximum absolute atomic E-state index is 12.5. The Bertz CT molecular complexity index is 1590. The molecule has 1 aliphatic rings. The van der Waals surface area contributed by atoms with Crippen molar-refractivity contribution in [3.8, 4) is 5.75 Å². The zero-order valence-electron chi connectivity index (χ0n) is 28.0.